The molecule has 0 fully saturated rings. The average molecular weight is 250 g/mol. The van der Waals surface area contributed by atoms with Crippen LogP contribution in [0.15, 0.2) is 60.3 Å². The van der Waals surface area contributed by atoms with Gasteiger partial charge in [-0.2, -0.15) is 5.26 Å². The smallest absolute Gasteiger partial charge is 0.142 e. The first-order valence-electron chi connectivity index (χ1n) is 5.90. The largest absolute Gasteiger partial charge is 0.495 e. The lowest BCUT2D eigenvalue weighted by Gasteiger charge is -2.09. The Morgan fingerprint density at radius 1 is 1.11 bits per heavy atom. The van der Waals surface area contributed by atoms with Crippen molar-refractivity contribution in [1.29, 1.82) is 5.26 Å². The molecule has 0 radical (unpaired) electrons. The minimum atomic E-state index is 0.468. The van der Waals surface area contributed by atoms with Crippen LogP contribution in [0.2, 0.25) is 0 Å². The standard InChI is InChI=1S/C16H14N2O/c1-19-16-10-6-5-9-15(16)18-14(12-17)11-13-7-3-2-4-8-13/h2-11,18H,1H3/b14-11+. The van der Waals surface area contributed by atoms with E-state index >= 15 is 0 Å². The van der Waals surface area contributed by atoms with E-state index in [2.05, 4.69) is 11.4 Å². The number of hydrogen-bond acceptors (Lipinski definition) is 3. The maximum Gasteiger partial charge on any atom is 0.142 e. The molecule has 0 spiro atoms. The van der Waals surface area contributed by atoms with Crippen molar-refractivity contribution in [2.24, 2.45) is 0 Å². The predicted octanol–water partition coefficient (Wildman–Crippen LogP) is 3.67. The van der Waals surface area contributed by atoms with E-state index in [1.54, 1.807) is 13.2 Å². The Balaban J connectivity index is 2.25. The second-order valence-electron chi connectivity index (χ2n) is 3.91. The monoisotopic (exact) mass is 250 g/mol. The van der Waals surface area contributed by atoms with Crippen molar-refractivity contribution in [3.05, 3.63) is 65.9 Å². The highest BCUT2D eigenvalue weighted by molar-refractivity contribution is 5.67. The number of allylic oxidation sites excluding steroid dienone is 1. The van der Waals surface area contributed by atoms with Gasteiger partial charge in [0.1, 0.15) is 17.5 Å². The van der Waals surface area contributed by atoms with Crippen molar-refractivity contribution in [3.63, 3.8) is 0 Å². The van der Waals surface area contributed by atoms with Crippen LogP contribution in [0.5, 0.6) is 5.75 Å². The molecule has 0 aliphatic heterocycles. The van der Waals surface area contributed by atoms with E-state index in [1.165, 1.54) is 0 Å². The predicted molar refractivity (Wildman–Crippen MR) is 76.6 cm³/mol. The van der Waals surface area contributed by atoms with E-state index in [4.69, 9.17) is 4.74 Å². The number of para-hydroxylation sites is 2. The maximum atomic E-state index is 9.19. The molecule has 3 nitrogen and oxygen atoms in total. The van der Waals surface area contributed by atoms with Crippen LogP contribution in [0.4, 0.5) is 5.69 Å². The number of methoxy groups -OCH3 is 1. The Bertz CT molecular complexity index is 612. The van der Waals surface area contributed by atoms with E-state index < -0.39 is 0 Å². The number of ether oxygens (including phenoxy) is 1. The summed E-state index contributed by atoms with van der Waals surface area (Å²) in [6.45, 7) is 0. The van der Waals surface area contributed by atoms with E-state index in [0.29, 0.717) is 11.4 Å². The van der Waals surface area contributed by atoms with Gasteiger partial charge in [-0.3, -0.25) is 0 Å². The first-order valence-corrected chi connectivity index (χ1v) is 5.90. The van der Waals surface area contributed by atoms with Gasteiger partial charge in [0.2, 0.25) is 0 Å². The molecule has 2 rings (SSSR count). The summed E-state index contributed by atoms with van der Waals surface area (Å²) in [7, 11) is 1.60. The second kappa shape index (κ2) is 6.27. The number of benzene rings is 2. The Morgan fingerprint density at radius 2 is 1.79 bits per heavy atom. The molecule has 0 atom stereocenters. The van der Waals surface area contributed by atoms with Crippen molar-refractivity contribution < 1.29 is 4.74 Å². The van der Waals surface area contributed by atoms with Gasteiger partial charge in [-0.25, -0.2) is 0 Å². The first kappa shape index (κ1) is 12.7. The fraction of sp³-hybridized carbons (Fsp3) is 0.0625. The van der Waals surface area contributed by atoms with Crippen LogP contribution in [0.3, 0.4) is 0 Å². The third-order valence-electron chi connectivity index (χ3n) is 2.61. The van der Waals surface area contributed by atoms with Gasteiger partial charge < -0.3 is 10.1 Å². The average Bonchev–Trinajstić information content (AvgIpc) is 2.48. The number of anilines is 1. The normalized spacial score (nSPS) is 10.6. The maximum absolute atomic E-state index is 9.19. The number of nitrogens with zero attached hydrogens (tertiary/aromatic N) is 1. The van der Waals surface area contributed by atoms with Crippen molar-refractivity contribution in [2.75, 3.05) is 12.4 Å². The van der Waals surface area contributed by atoms with Gasteiger partial charge in [0.25, 0.3) is 0 Å². The van der Waals surface area contributed by atoms with Gasteiger partial charge in [-0.1, -0.05) is 42.5 Å². The zero-order valence-corrected chi connectivity index (χ0v) is 10.6. The van der Waals surface area contributed by atoms with Crippen LogP contribution < -0.4 is 10.1 Å². The molecule has 3 heteroatoms. The summed E-state index contributed by atoms with van der Waals surface area (Å²) in [6.07, 6.45) is 1.80. The molecule has 0 aromatic heterocycles. The lowest BCUT2D eigenvalue weighted by molar-refractivity contribution is 0.417. The fourth-order valence-corrected chi connectivity index (χ4v) is 1.71. The van der Waals surface area contributed by atoms with Gasteiger partial charge in [-0.15, -0.1) is 0 Å². The molecule has 19 heavy (non-hydrogen) atoms. The van der Waals surface area contributed by atoms with Gasteiger partial charge in [0.05, 0.1) is 12.8 Å². The highest BCUT2D eigenvalue weighted by Crippen LogP contribution is 2.24. The zero-order valence-electron chi connectivity index (χ0n) is 10.6. The summed E-state index contributed by atoms with van der Waals surface area (Å²) in [5.74, 6) is 0.705. The Hall–Kier alpha value is -2.73. The van der Waals surface area contributed by atoms with Crippen LogP contribution >= 0.6 is 0 Å². The molecule has 0 heterocycles. The topological polar surface area (TPSA) is 45.0 Å². The molecule has 0 amide bonds. The summed E-state index contributed by atoms with van der Waals surface area (Å²) in [5.41, 5.74) is 2.21. The molecular weight excluding hydrogens is 236 g/mol. The van der Waals surface area contributed by atoms with Crippen molar-refractivity contribution in [1.82, 2.24) is 0 Å². The molecule has 2 aromatic rings. The van der Waals surface area contributed by atoms with Gasteiger partial charge >= 0.3 is 0 Å². The van der Waals surface area contributed by atoms with Gasteiger partial charge in [0.15, 0.2) is 0 Å². The van der Waals surface area contributed by atoms with Crippen LogP contribution in [0.25, 0.3) is 6.08 Å². The van der Waals surface area contributed by atoms with E-state index in [0.717, 1.165) is 11.3 Å². The zero-order chi connectivity index (χ0) is 13.5. The molecule has 0 aliphatic rings. The van der Waals surface area contributed by atoms with E-state index in [1.807, 2.05) is 54.6 Å². The van der Waals surface area contributed by atoms with Gasteiger partial charge in [-0.05, 0) is 23.8 Å². The Morgan fingerprint density at radius 3 is 2.47 bits per heavy atom. The van der Waals surface area contributed by atoms with Crippen LogP contribution in [0.1, 0.15) is 5.56 Å². The second-order valence-corrected chi connectivity index (χ2v) is 3.91. The van der Waals surface area contributed by atoms with Crippen LogP contribution in [-0.4, -0.2) is 7.11 Å². The van der Waals surface area contributed by atoms with Crippen molar-refractivity contribution in [3.8, 4) is 11.8 Å². The molecule has 0 saturated heterocycles. The minimum absolute atomic E-state index is 0.468. The van der Waals surface area contributed by atoms with Gasteiger partial charge in [0, 0.05) is 0 Å². The molecular formula is C16H14N2O. The van der Waals surface area contributed by atoms with Crippen LogP contribution in [-0.2, 0) is 0 Å². The minimum Gasteiger partial charge on any atom is -0.495 e. The molecule has 94 valence electrons. The Kier molecular flexibility index (Phi) is 4.20. The summed E-state index contributed by atoms with van der Waals surface area (Å²) in [4.78, 5) is 0. The third kappa shape index (κ3) is 3.36. The number of hydrogen-bond donors (Lipinski definition) is 1. The summed E-state index contributed by atoms with van der Waals surface area (Å²) >= 11 is 0. The molecule has 1 N–H and O–H groups in total. The number of nitrogens with one attached hydrogen (secondary N) is 1. The fourth-order valence-electron chi connectivity index (χ4n) is 1.71. The SMILES string of the molecule is COc1ccccc1N/C(C#N)=C/c1ccccc1. The summed E-state index contributed by atoms with van der Waals surface area (Å²) in [5, 5.41) is 12.3. The first-order chi connectivity index (χ1) is 9.33. The molecule has 2 aromatic carbocycles. The Labute approximate surface area is 112 Å². The number of nitriles is 1. The van der Waals surface area contributed by atoms with Crippen molar-refractivity contribution in [2.45, 2.75) is 0 Å². The van der Waals surface area contributed by atoms with E-state index in [9.17, 15) is 5.26 Å². The molecule has 0 aliphatic carbocycles. The summed E-state index contributed by atoms with van der Waals surface area (Å²) in [6, 6.07) is 19.3. The highest BCUT2D eigenvalue weighted by Gasteiger charge is 2.03. The lowest BCUT2D eigenvalue weighted by Crippen LogP contribution is -1.99. The lowest BCUT2D eigenvalue weighted by atomic mass is 10.2. The molecule has 0 bridgehead atoms. The van der Waals surface area contributed by atoms with E-state index in [-0.39, 0.29) is 0 Å². The molecule has 0 unspecified atom stereocenters. The molecule has 0 saturated carbocycles. The highest BCUT2D eigenvalue weighted by atomic mass is 16.5. The number of rotatable bonds is 4. The third-order valence-corrected chi connectivity index (χ3v) is 2.61. The summed E-state index contributed by atoms with van der Waals surface area (Å²) < 4.78 is 5.24. The van der Waals surface area contributed by atoms with Crippen LogP contribution in [0, 0.1) is 11.3 Å². The van der Waals surface area contributed by atoms with Crippen molar-refractivity contribution >= 4 is 11.8 Å². The quantitative estimate of drug-likeness (QED) is 0.842.